The number of carboxylic acids is 2. The summed E-state index contributed by atoms with van der Waals surface area (Å²) < 4.78 is 54.2. The average Bonchev–Trinajstić information content (AvgIpc) is 3.33. The number of ether oxygens (including phenoxy) is 4. The highest BCUT2D eigenvalue weighted by atomic mass is 19.1. The van der Waals surface area contributed by atoms with Gasteiger partial charge >= 0.3 is 11.9 Å². The first kappa shape index (κ1) is 49.6. The van der Waals surface area contributed by atoms with Gasteiger partial charge in [-0.25, -0.2) is 8.78 Å². The number of rotatable bonds is 25. The van der Waals surface area contributed by atoms with Crippen LogP contribution in [0.4, 0.5) is 8.78 Å². The van der Waals surface area contributed by atoms with Crippen molar-refractivity contribution in [3.63, 3.8) is 0 Å². The van der Waals surface area contributed by atoms with Crippen molar-refractivity contribution in [2.45, 2.75) is 79.0 Å². The third kappa shape index (κ3) is 14.1. The van der Waals surface area contributed by atoms with E-state index in [-0.39, 0.29) is 50.4 Å². The summed E-state index contributed by atoms with van der Waals surface area (Å²) >= 11 is 0. The summed E-state index contributed by atoms with van der Waals surface area (Å²) in [5.41, 5.74) is 8.60. The Kier molecular flexibility index (Phi) is 18.0. The van der Waals surface area contributed by atoms with Crippen molar-refractivity contribution >= 4 is 11.9 Å². The van der Waals surface area contributed by atoms with Crippen LogP contribution in [-0.2, 0) is 49.1 Å². The van der Waals surface area contributed by atoms with Crippen molar-refractivity contribution < 1.29 is 47.5 Å². The van der Waals surface area contributed by atoms with Gasteiger partial charge < -0.3 is 39.8 Å². The molecular formula is C54H52F2N4O8. The maximum absolute atomic E-state index is 14.7. The molecule has 0 unspecified atom stereocenters. The molecule has 0 spiro atoms. The lowest BCUT2D eigenvalue weighted by molar-refractivity contribution is -0.138. The topological polar surface area (TPSA) is 183 Å². The molecular weight excluding hydrogens is 871 g/mol. The predicted molar refractivity (Wildman–Crippen MR) is 251 cm³/mol. The summed E-state index contributed by atoms with van der Waals surface area (Å²) in [4.78, 5) is 21.9. The van der Waals surface area contributed by atoms with E-state index in [1.165, 1.54) is 36.4 Å². The normalized spacial score (nSPS) is 10.8. The van der Waals surface area contributed by atoms with Crippen LogP contribution in [0.15, 0.2) is 109 Å². The first-order chi connectivity index (χ1) is 32.9. The van der Waals surface area contributed by atoms with Crippen molar-refractivity contribution in [3.05, 3.63) is 176 Å². The Morgan fingerprint density at radius 3 is 1.34 bits per heavy atom. The Hall–Kier alpha value is -7.78. The Morgan fingerprint density at radius 1 is 0.529 bits per heavy atom. The Labute approximate surface area is 394 Å². The number of carboxylic acid groups (broad SMARTS) is 2. The standard InChI is InChI=1S/C54H52F2N4O8/c1-35-41(31-65-45-17-15-39(29-59-21-5-11-53(61)62)51(25-45)67-33-43-23-37(27-57)13-19-49(43)55)7-3-9-47(35)48-10-4-8-42(36(48)2)32-66-46-18-16-40(30-60-22-6-12-54(63)64)52(26-46)68-34-44-24-38(28-58)14-20-50(44)56/h3-4,7-10,13-20,23-26,59-60H,5-6,11-12,21-22,29-34H2,1-2H3,(H,61,62)(H,63,64). The van der Waals surface area contributed by atoms with Gasteiger partial charge in [0.15, 0.2) is 0 Å². The molecule has 0 aliphatic heterocycles. The van der Waals surface area contributed by atoms with E-state index in [9.17, 15) is 28.9 Å². The zero-order valence-corrected chi connectivity index (χ0v) is 37.9. The van der Waals surface area contributed by atoms with Crippen LogP contribution in [0.1, 0.15) is 81.3 Å². The van der Waals surface area contributed by atoms with Gasteiger partial charge in [0.05, 0.1) is 23.3 Å². The molecule has 0 aromatic heterocycles. The molecule has 14 heteroatoms. The molecule has 0 atom stereocenters. The summed E-state index contributed by atoms with van der Waals surface area (Å²) in [6, 6.07) is 35.1. The van der Waals surface area contributed by atoms with Crippen LogP contribution in [0, 0.1) is 48.1 Å². The van der Waals surface area contributed by atoms with Crippen LogP contribution in [0.25, 0.3) is 11.1 Å². The highest BCUT2D eigenvalue weighted by Crippen LogP contribution is 2.33. The van der Waals surface area contributed by atoms with E-state index in [0.717, 1.165) is 44.5 Å². The second-order valence-corrected chi connectivity index (χ2v) is 16.1. The molecule has 0 saturated heterocycles. The molecule has 0 aliphatic carbocycles. The smallest absolute Gasteiger partial charge is 0.303 e. The molecule has 0 radical (unpaired) electrons. The molecule has 350 valence electrons. The molecule has 12 nitrogen and oxygen atoms in total. The summed E-state index contributed by atoms with van der Waals surface area (Å²) in [7, 11) is 0. The van der Waals surface area contributed by atoms with Gasteiger partial charge in [-0.15, -0.1) is 0 Å². The largest absolute Gasteiger partial charge is 0.489 e. The van der Waals surface area contributed by atoms with E-state index < -0.39 is 23.6 Å². The molecule has 0 saturated carbocycles. The third-order valence-electron chi connectivity index (χ3n) is 11.3. The fourth-order valence-corrected chi connectivity index (χ4v) is 7.39. The van der Waals surface area contributed by atoms with Crippen LogP contribution in [0.5, 0.6) is 23.0 Å². The van der Waals surface area contributed by atoms with Gasteiger partial charge in [0, 0.05) is 60.3 Å². The molecule has 0 heterocycles. The maximum atomic E-state index is 14.7. The molecule has 0 aliphatic rings. The summed E-state index contributed by atoms with van der Waals surface area (Å²) in [5, 5.41) is 43.2. The van der Waals surface area contributed by atoms with Gasteiger partial charge in [-0.3, -0.25) is 9.59 Å². The number of nitriles is 2. The van der Waals surface area contributed by atoms with Crippen LogP contribution in [0.2, 0.25) is 0 Å². The molecule has 6 aromatic rings. The third-order valence-corrected chi connectivity index (χ3v) is 11.3. The Morgan fingerprint density at radius 2 is 0.941 bits per heavy atom. The molecule has 0 fully saturated rings. The Bertz CT molecular complexity index is 2630. The van der Waals surface area contributed by atoms with E-state index in [1.54, 1.807) is 12.1 Å². The van der Waals surface area contributed by atoms with Gasteiger partial charge in [0.1, 0.15) is 61.1 Å². The number of carbonyl (C=O) groups is 2. The summed E-state index contributed by atoms with van der Waals surface area (Å²) in [5.74, 6) is -0.769. The second-order valence-electron chi connectivity index (χ2n) is 16.1. The molecule has 6 aromatic carbocycles. The maximum Gasteiger partial charge on any atom is 0.303 e. The zero-order valence-electron chi connectivity index (χ0n) is 37.9. The fourth-order valence-electron chi connectivity index (χ4n) is 7.39. The van der Waals surface area contributed by atoms with Crippen LogP contribution < -0.4 is 29.6 Å². The molecule has 0 amide bonds. The molecule has 4 N–H and O–H groups in total. The van der Waals surface area contributed by atoms with Crippen LogP contribution in [-0.4, -0.2) is 35.2 Å². The van der Waals surface area contributed by atoms with Crippen LogP contribution in [0.3, 0.4) is 0 Å². The fraction of sp³-hybridized carbons (Fsp3) is 0.259. The first-order valence-electron chi connectivity index (χ1n) is 22.1. The predicted octanol–water partition coefficient (Wildman–Crippen LogP) is 10.2. The van der Waals surface area contributed by atoms with E-state index in [2.05, 4.69) is 22.8 Å². The lowest BCUT2D eigenvalue weighted by Crippen LogP contribution is -2.16. The minimum Gasteiger partial charge on any atom is -0.489 e. The number of aliphatic carboxylic acids is 2. The van der Waals surface area contributed by atoms with Crippen molar-refractivity contribution in [2.75, 3.05) is 13.1 Å². The first-order valence-corrected chi connectivity index (χ1v) is 22.1. The van der Waals surface area contributed by atoms with Crippen molar-refractivity contribution in [3.8, 4) is 46.3 Å². The number of halogens is 2. The minimum absolute atomic E-state index is 0.0416. The van der Waals surface area contributed by atoms with E-state index in [4.69, 9.17) is 29.2 Å². The minimum atomic E-state index is -0.868. The monoisotopic (exact) mass is 922 g/mol. The second kappa shape index (κ2) is 24.7. The van der Waals surface area contributed by atoms with Gasteiger partial charge in [-0.2, -0.15) is 10.5 Å². The number of hydrogen-bond acceptors (Lipinski definition) is 10. The SMILES string of the molecule is Cc1c(COc2ccc(CNCCCC(=O)O)c(OCc3cc(C#N)ccc3F)c2)cccc1-c1cccc(COc2ccc(CNCCCC(=O)O)c(OCc3cc(C#N)ccc3F)c2)c1C. The van der Waals surface area contributed by atoms with Crippen molar-refractivity contribution in [1.82, 2.24) is 10.6 Å². The number of benzene rings is 6. The zero-order chi connectivity index (χ0) is 48.4. The van der Waals surface area contributed by atoms with E-state index in [0.29, 0.717) is 73.1 Å². The van der Waals surface area contributed by atoms with Gasteiger partial charge in [0.2, 0.25) is 0 Å². The Balaban J connectivity index is 1.15. The molecule has 0 bridgehead atoms. The quantitative estimate of drug-likeness (QED) is 0.0399. The summed E-state index contributed by atoms with van der Waals surface area (Å²) in [6.45, 7) is 6.02. The highest BCUT2D eigenvalue weighted by Gasteiger charge is 2.16. The number of nitrogens with zero attached hydrogens (tertiary/aromatic N) is 2. The van der Waals surface area contributed by atoms with Crippen molar-refractivity contribution in [2.24, 2.45) is 0 Å². The number of hydrogen-bond donors (Lipinski definition) is 4. The highest BCUT2D eigenvalue weighted by molar-refractivity contribution is 5.72. The van der Waals surface area contributed by atoms with Crippen molar-refractivity contribution in [1.29, 1.82) is 10.5 Å². The lowest BCUT2D eigenvalue weighted by Gasteiger charge is -2.18. The van der Waals surface area contributed by atoms with E-state index >= 15 is 0 Å². The molecule has 68 heavy (non-hydrogen) atoms. The molecule has 6 rings (SSSR count). The lowest BCUT2D eigenvalue weighted by atomic mass is 9.92. The van der Waals surface area contributed by atoms with Gasteiger partial charge in [-0.05, 0) is 122 Å². The van der Waals surface area contributed by atoms with Gasteiger partial charge in [0.25, 0.3) is 0 Å². The van der Waals surface area contributed by atoms with E-state index in [1.807, 2.05) is 74.5 Å². The van der Waals surface area contributed by atoms with Crippen LogP contribution >= 0.6 is 0 Å². The summed E-state index contributed by atoms with van der Waals surface area (Å²) in [6.07, 6.45) is 0.988. The van der Waals surface area contributed by atoms with Gasteiger partial charge in [-0.1, -0.05) is 48.5 Å². The number of nitrogens with one attached hydrogen (secondary N) is 2. The average molecular weight is 923 g/mol.